The summed E-state index contributed by atoms with van der Waals surface area (Å²) < 4.78 is 31.9. The maximum Gasteiger partial charge on any atom is 0.219 e. The lowest BCUT2D eigenvalue weighted by atomic mass is 10.1. The molecule has 1 aliphatic rings. The summed E-state index contributed by atoms with van der Waals surface area (Å²) in [5.74, 6) is 1.30. The molecule has 8 nitrogen and oxygen atoms in total. The summed E-state index contributed by atoms with van der Waals surface area (Å²) in [5, 5.41) is 8.95. The highest BCUT2D eigenvalue weighted by Gasteiger charge is 2.20. The molecule has 0 aliphatic carbocycles. The lowest BCUT2D eigenvalue weighted by Gasteiger charge is -2.20. The van der Waals surface area contributed by atoms with Gasteiger partial charge in [-0.05, 0) is 24.3 Å². The number of fused-ring (bicyclic) bond motifs is 1. The summed E-state index contributed by atoms with van der Waals surface area (Å²) in [5.41, 5.74) is 6.67. The molecule has 3 aromatic rings. The van der Waals surface area contributed by atoms with Gasteiger partial charge in [0.1, 0.15) is 11.6 Å². The van der Waals surface area contributed by atoms with E-state index in [-0.39, 0.29) is 19.0 Å². The number of hydrogen-bond acceptors (Lipinski definition) is 7. The topological polar surface area (TPSA) is 105 Å². The average Bonchev–Trinajstić information content (AvgIpc) is 3.33. The molecular formula is C18H17FN4O4S. The Kier molecular flexibility index (Phi) is 5.31. The highest BCUT2D eigenvalue weighted by molar-refractivity contribution is 7.98. The lowest BCUT2D eigenvalue weighted by molar-refractivity contribution is -0.118. The Hall–Kier alpha value is -2.85. The predicted molar refractivity (Wildman–Crippen MR) is 97.8 cm³/mol. The third kappa shape index (κ3) is 3.87. The van der Waals surface area contributed by atoms with Crippen molar-refractivity contribution in [2.45, 2.75) is 30.5 Å². The minimum atomic E-state index is -0.428. The Labute approximate surface area is 163 Å². The van der Waals surface area contributed by atoms with Crippen LogP contribution >= 0.6 is 11.8 Å². The lowest BCUT2D eigenvalue weighted by Crippen LogP contribution is -2.15. The fraction of sp³-hybridized carbons (Fsp3) is 0.278. The summed E-state index contributed by atoms with van der Waals surface area (Å²) in [6, 6.07) is 6.35. The maximum atomic E-state index is 13.9. The number of nitrogens with two attached hydrogens (primary N) is 1. The molecule has 3 heterocycles. The van der Waals surface area contributed by atoms with E-state index in [0.717, 1.165) is 0 Å². The van der Waals surface area contributed by atoms with Gasteiger partial charge in [-0.15, -0.1) is 10.2 Å². The Bertz CT molecular complexity index is 990. The molecule has 0 atom stereocenters. The first kappa shape index (κ1) is 18.5. The summed E-state index contributed by atoms with van der Waals surface area (Å²) in [6.45, 7) is 0.752. The molecule has 0 spiro atoms. The summed E-state index contributed by atoms with van der Waals surface area (Å²) >= 11 is 1.36. The largest absolute Gasteiger partial charge is 0.467 e. The summed E-state index contributed by atoms with van der Waals surface area (Å²) in [4.78, 5) is 11.2. The fourth-order valence-corrected chi connectivity index (χ4v) is 3.84. The van der Waals surface area contributed by atoms with Crippen molar-refractivity contribution in [1.29, 1.82) is 0 Å². The van der Waals surface area contributed by atoms with E-state index in [9.17, 15) is 9.18 Å². The van der Waals surface area contributed by atoms with Gasteiger partial charge in [-0.1, -0.05) is 11.8 Å². The highest BCUT2D eigenvalue weighted by Crippen LogP contribution is 2.34. The zero-order valence-corrected chi connectivity index (χ0v) is 15.6. The van der Waals surface area contributed by atoms with E-state index in [1.165, 1.54) is 30.2 Å². The van der Waals surface area contributed by atoms with Gasteiger partial charge in [0.05, 0.1) is 12.9 Å². The number of ether oxygens (including phenoxy) is 2. The monoisotopic (exact) mass is 404 g/mol. The smallest absolute Gasteiger partial charge is 0.219 e. The van der Waals surface area contributed by atoms with Crippen LogP contribution < -0.4 is 10.5 Å². The quantitative estimate of drug-likeness (QED) is 0.604. The Morgan fingerprint density at radius 1 is 1.36 bits per heavy atom. The summed E-state index contributed by atoms with van der Waals surface area (Å²) in [7, 11) is 0. The predicted octanol–water partition coefficient (Wildman–Crippen LogP) is 2.71. The molecule has 2 N–H and O–H groups in total. The molecule has 1 aromatic carbocycles. The van der Waals surface area contributed by atoms with Crippen LogP contribution in [0.1, 0.15) is 17.5 Å². The first-order valence-corrected chi connectivity index (χ1v) is 9.50. The van der Waals surface area contributed by atoms with Crippen LogP contribution in [-0.4, -0.2) is 27.5 Å². The van der Waals surface area contributed by atoms with Crippen molar-refractivity contribution in [3.05, 3.63) is 47.5 Å². The first-order chi connectivity index (χ1) is 13.6. The van der Waals surface area contributed by atoms with Gasteiger partial charge >= 0.3 is 0 Å². The van der Waals surface area contributed by atoms with Crippen molar-refractivity contribution in [3.63, 3.8) is 0 Å². The molecule has 1 aliphatic heterocycles. The molecule has 2 aromatic heterocycles. The van der Waals surface area contributed by atoms with E-state index in [0.29, 0.717) is 52.5 Å². The zero-order valence-electron chi connectivity index (χ0n) is 14.8. The van der Waals surface area contributed by atoms with Crippen molar-refractivity contribution < 1.29 is 23.1 Å². The second-order valence-electron chi connectivity index (χ2n) is 6.10. The molecule has 0 saturated carbocycles. The molecule has 28 heavy (non-hydrogen) atoms. The number of hydrogen-bond donors (Lipinski definition) is 1. The number of carbonyl (C=O) groups is 1. The van der Waals surface area contributed by atoms with Crippen LogP contribution in [0.25, 0.3) is 11.6 Å². The molecular weight excluding hydrogens is 387 g/mol. The van der Waals surface area contributed by atoms with Gasteiger partial charge in [0, 0.05) is 29.8 Å². The SMILES string of the molecule is NC(=O)CCn1c(SCc2cc(F)cc3c2OCOC3)nnc1-c1ccco1. The number of aromatic nitrogens is 3. The van der Waals surface area contributed by atoms with Gasteiger partial charge in [-0.25, -0.2) is 4.39 Å². The Morgan fingerprint density at radius 3 is 3.04 bits per heavy atom. The normalized spacial score (nSPS) is 13.2. The number of nitrogens with zero attached hydrogens (tertiary/aromatic N) is 3. The van der Waals surface area contributed by atoms with Gasteiger partial charge in [0.25, 0.3) is 0 Å². The van der Waals surface area contributed by atoms with Gasteiger partial charge < -0.3 is 19.6 Å². The number of rotatable bonds is 7. The standard InChI is InChI=1S/C18H17FN4O4S/c19-13-6-11-8-25-10-27-16(11)12(7-13)9-28-18-22-21-17(14-2-1-5-26-14)23(18)4-3-15(20)24/h1-2,5-7H,3-4,8-10H2,(H2,20,24). The molecule has 1 amide bonds. The van der Waals surface area contributed by atoms with Gasteiger partial charge in [0.15, 0.2) is 23.5 Å². The molecule has 0 radical (unpaired) electrons. The number of thioether (sulfide) groups is 1. The molecule has 146 valence electrons. The molecule has 0 unspecified atom stereocenters. The Morgan fingerprint density at radius 2 is 2.25 bits per heavy atom. The summed E-state index contributed by atoms with van der Waals surface area (Å²) in [6.07, 6.45) is 1.67. The van der Waals surface area contributed by atoms with Gasteiger partial charge in [0.2, 0.25) is 5.91 Å². The van der Waals surface area contributed by atoms with E-state index in [2.05, 4.69) is 10.2 Å². The molecule has 0 bridgehead atoms. The number of furan rings is 1. The van der Waals surface area contributed by atoms with Crippen molar-refractivity contribution >= 4 is 17.7 Å². The van der Waals surface area contributed by atoms with Crippen molar-refractivity contribution in [2.75, 3.05) is 6.79 Å². The number of carbonyl (C=O) groups excluding carboxylic acids is 1. The molecule has 4 rings (SSSR count). The van der Waals surface area contributed by atoms with Crippen LogP contribution in [0.5, 0.6) is 5.75 Å². The Balaban J connectivity index is 1.60. The van der Waals surface area contributed by atoms with Crippen LogP contribution in [0.15, 0.2) is 40.1 Å². The fourth-order valence-electron chi connectivity index (χ4n) is 2.91. The third-order valence-electron chi connectivity index (χ3n) is 4.15. The third-order valence-corrected chi connectivity index (χ3v) is 5.16. The van der Waals surface area contributed by atoms with E-state index in [4.69, 9.17) is 19.6 Å². The first-order valence-electron chi connectivity index (χ1n) is 8.52. The molecule has 0 fully saturated rings. The van der Waals surface area contributed by atoms with Gasteiger partial charge in [-0.3, -0.25) is 9.36 Å². The van der Waals surface area contributed by atoms with E-state index in [1.807, 2.05) is 0 Å². The van der Waals surface area contributed by atoms with Crippen molar-refractivity contribution in [3.8, 4) is 17.3 Å². The van der Waals surface area contributed by atoms with E-state index >= 15 is 0 Å². The minimum Gasteiger partial charge on any atom is -0.467 e. The van der Waals surface area contributed by atoms with E-state index < -0.39 is 5.91 Å². The van der Waals surface area contributed by atoms with Crippen LogP contribution in [0.4, 0.5) is 4.39 Å². The van der Waals surface area contributed by atoms with E-state index in [1.54, 1.807) is 16.7 Å². The maximum absolute atomic E-state index is 13.9. The minimum absolute atomic E-state index is 0.133. The number of benzene rings is 1. The van der Waals surface area contributed by atoms with Crippen molar-refractivity contribution in [1.82, 2.24) is 14.8 Å². The van der Waals surface area contributed by atoms with Crippen molar-refractivity contribution in [2.24, 2.45) is 5.73 Å². The van der Waals surface area contributed by atoms with Crippen LogP contribution in [0.2, 0.25) is 0 Å². The van der Waals surface area contributed by atoms with Gasteiger partial charge in [-0.2, -0.15) is 0 Å². The van der Waals surface area contributed by atoms with Crippen LogP contribution in [0, 0.1) is 5.82 Å². The highest BCUT2D eigenvalue weighted by atomic mass is 32.2. The number of primary amides is 1. The van der Waals surface area contributed by atoms with Crippen LogP contribution in [-0.2, 0) is 28.4 Å². The van der Waals surface area contributed by atoms with Crippen LogP contribution in [0.3, 0.4) is 0 Å². The average molecular weight is 404 g/mol. The number of amides is 1. The second-order valence-corrected chi connectivity index (χ2v) is 7.05. The zero-order chi connectivity index (χ0) is 19.5. The molecule has 0 saturated heterocycles. The second kappa shape index (κ2) is 8.03. The molecule has 10 heteroatoms. The number of halogens is 1.